The standard InChI is InChI=1S/C11H15NO4/c1-4-9-7-6-8-10(16-5-2)11(9,15-3)12(13)14/h4,6-9H,1,5H2,2-3H3. The molecule has 1 rings (SSSR count). The maximum Gasteiger partial charge on any atom is 0.392 e. The van der Waals surface area contributed by atoms with E-state index < -0.39 is 16.6 Å². The zero-order chi connectivity index (χ0) is 12.2. The Bertz CT molecular complexity index is 348. The second-order valence-electron chi connectivity index (χ2n) is 3.27. The average Bonchev–Trinajstić information content (AvgIpc) is 2.28. The fourth-order valence-electron chi connectivity index (χ4n) is 1.74. The highest BCUT2D eigenvalue weighted by atomic mass is 16.7. The molecular formula is C11H15NO4. The maximum atomic E-state index is 11.2. The Morgan fingerprint density at radius 1 is 1.75 bits per heavy atom. The number of ether oxygens (including phenoxy) is 2. The fraction of sp³-hybridized carbons (Fsp3) is 0.455. The van der Waals surface area contributed by atoms with Gasteiger partial charge in [-0.3, -0.25) is 10.1 Å². The molecule has 0 saturated carbocycles. The van der Waals surface area contributed by atoms with Gasteiger partial charge < -0.3 is 9.47 Å². The molecule has 88 valence electrons. The molecule has 0 aromatic heterocycles. The monoisotopic (exact) mass is 225 g/mol. The highest BCUT2D eigenvalue weighted by molar-refractivity contribution is 5.27. The fourth-order valence-corrected chi connectivity index (χ4v) is 1.74. The van der Waals surface area contributed by atoms with E-state index in [9.17, 15) is 10.1 Å². The zero-order valence-corrected chi connectivity index (χ0v) is 9.38. The van der Waals surface area contributed by atoms with Crippen LogP contribution in [-0.4, -0.2) is 24.4 Å². The van der Waals surface area contributed by atoms with Gasteiger partial charge in [-0.05, 0) is 13.0 Å². The third-order valence-electron chi connectivity index (χ3n) is 2.51. The third kappa shape index (κ3) is 1.74. The molecule has 5 heteroatoms. The zero-order valence-electron chi connectivity index (χ0n) is 9.38. The summed E-state index contributed by atoms with van der Waals surface area (Å²) in [6.45, 7) is 5.70. The predicted octanol–water partition coefficient (Wildman–Crippen LogP) is 1.90. The van der Waals surface area contributed by atoms with Crippen molar-refractivity contribution in [2.24, 2.45) is 5.92 Å². The third-order valence-corrected chi connectivity index (χ3v) is 2.51. The van der Waals surface area contributed by atoms with Crippen LogP contribution in [0.2, 0.25) is 0 Å². The lowest BCUT2D eigenvalue weighted by molar-refractivity contribution is -0.626. The van der Waals surface area contributed by atoms with Gasteiger partial charge in [-0.1, -0.05) is 18.2 Å². The quantitative estimate of drug-likeness (QED) is 0.310. The van der Waals surface area contributed by atoms with E-state index in [0.717, 1.165) is 0 Å². The molecule has 0 N–H and O–H groups in total. The van der Waals surface area contributed by atoms with E-state index in [1.165, 1.54) is 13.2 Å². The van der Waals surface area contributed by atoms with Crippen LogP contribution < -0.4 is 0 Å². The molecule has 0 radical (unpaired) electrons. The molecule has 0 heterocycles. The summed E-state index contributed by atoms with van der Waals surface area (Å²) in [6, 6.07) is 0. The topological polar surface area (TPSA) is 61.6 Å². The first-order valence-electron chi connectivity index (χ1n) is 4.97. The first kappa shape index (κ1) is 12.4. The number of allylic oxidation sites excluding steroid dienone is 2. The molecule has 0 aromatic carbocycles. The van der Waals surface area contributed by atoms with Crippen LogP contribution in [0.15, 0.2) is 36.6 Å². The minimum atomic E-state index is -1.69. The van der Waals surface area contributed by atoms with Crippen molar-refractivity contribution in [1.82, 2.24) is 0 Å². The van der Waals surface area contributed by atoms with Crippen LogP contribution in [0.25, 0.3) is 0 Å². The summed E-state index contributed by atoms with van der Waals surface area (Å²) in [7, 11) is 1.30. The number of methoxy groups -OCH3 is 1. The van der Waals surface area contributed by atoms with Crippen molar-refractivity contribution in [1.29, 1.82) is 0 Å². The summed E-state index contributed by atoms with van der Waals surface area (Å²) in [5.41, 5.74) is -1.69. The van der Waals surface area contributed by atoms with Gasteiger partial charge in [-0.15, -0.1) is 6.58 Å². The SMILES string of the molecule is C=CC1C=CC=C(OCC)C1(OC)[N+](=O)[O-]. The van der Waals surface area contributed by atoms with Gasteiger partial charge in [0, 0.05) is 7.11 Å². The molecule has 0 amide bonds. The smallest absolute Gasteiger partial charge is 0.392 e. The predicted molar refractivity (Wildman–Crippen MR) is 59.3 cm³/mol. The maximum absolute atomic E-state index is 11.2. The molecule has 1 aliphatic carbocycles. The highest BCUT2D eigenvalue weighted by Gasteiger charge is 2.55. The van der Waals surface area contributed by atoms with E-state index in [-0.39, 0.29) is 5.76 Å². The van der Waals surface area contributed by atoms with Crippen molar-refractivity contribution < 1.29 is 14.4 Å². The van der Waals surface area contributed by atoms with Gasteiger partial charge in [0.05, 0.1) is 11.5 Å². The van der Waals surface area contributed by atoms with E-state index in [0.29, 0.717) is 6.61 Å². The van der Waals surface area contributed by atoms with Gasteiger partial charge in [0.2, 0.25) is 5.76 Å². The van der Waals surface area contributed by atoms with Crippen molar-refractivity contribution in [3.05, 3.63) is 46.8 Å². The Hall–Kier alpha value is -1.62. The van der Waals surface area contributed by atoms with E-state index in [1.54, 1.807) is 25.2 Å². The molecule has 0 saturated heterocycles. The van der Waals surface area contributed by atoms with Crippen molar-refractivity contribution in [3.8, 4) is 0 Å². The van der Waals surface area contributed by atoms with Gasteiger partial charge in [-0.2, -0.15) is 0 Å². The molecule has 0 bridgehead atoms. The van der Waals surface area contributed by atoms with E-state index >= 15 is 0 Å². The summed E-state index contributed by atoms with van der Waals surface area (Å²) in [5.74, 6) is -0.339. The van der Waals surface area contributed by atoms with Crippen LogP contribution in [0.4, 0.5) is 0 Å². The van der Waals surface area contributed by atoms with Crippen molar-refractivity contribution in [2.45, 2.75) is 12.6 Å². The van der Waals surface area contributed by atoms with Gasteiger partial charge in [0.25, 0.3) is 0 Å². The molecular weight excluding hydrogens is 210 g/mol. The minimum Gasteiger partial charge on any atom is -0.489 e. The number of rotatable bonds is 5. The van der Waals surface area contributed by atoms with E-state index in [2.05, 4.69) is 6.58 Å². The number of nitro groups is 1. The first-order chi connectivity index (χ1) is 7.63. The number of hydrogen-bond donors (Lipinski definition) is 0. The summed E-state index contributed by atoms with van der Waals surface area (Å²) in [6.07, 6.45) is 6.41. The van der Waals surface area contributed by atoms with E-state index in [1.807, 2.05) is 0 Å². The van der Waals surface area contributed by atoms with Crippen molar-refractivity contribution in [3.63, 3.8) is 0 Å². The van der Waals surface area contributed by atoms with Gasteiger partial charge in [0.1, 0.15) is 5.92 Å². The number of nitrogens with zero attached hydrogens (tertiary/aromatic N) is 1. The van der Waals surface area contributed by atoms with Crippen molar-refractivity contribution >= 4 is 0 Å². The Morgan fingerprint density at radius 2 is 2.44 bits per heavy atom. The molecule has 2 atom stereocenters. The molecule has 0 spiro atoms. The van der Waals surface area contributed by atoms with Crippen LogP contribution in [0.5, 0.6) is 0 Å². The second-order valence-corrected chi connectivity index (χ2v) is 3.27. The summed E-state index contributed by atoms with van der Waals surface area (Å²) in [4.78, 5) is 10.8. The van der Waals surface area contributed by atoms with Crippen LogP contribution in [0.1, 0.15) is 6.92 Å². The van der Waals surface area contributed by atoms with Crippen LogP contribution in [0, 0.1) is 16.0 Å². The summed E-state index contributed by atoms with van der Waals surface area (Å²) >= 11 is 0. The summed E-state index contributed by atoms with van der Waals surface area (Å²) in [5, 5.41) is 11.2. The van der Waals surface area contributed by atoms with Crippen LogP contribution in [0.3, 0.4) is 0 Å². The second kappa shape index (κ2) is 4.94. The van der Waals surface area contributed by atoms with Crippen LogP contribution in [-0.2, 0) is 9.47 Å². The van der Waals surface area contributed by atoms with Crippen LogP contribution >= 0.6 is 0 Å². The lowest BCUT2D eigenvalue weighted by atomic mass is 9.89. The molecule has 2 unspecified atom stereocenters. The molecule has 5 nitrogen and oxygen atoms in total. The molecule has 0 aliphatic heterocycles. The van der Waals surface area contributed by atoms with E-state index in [4.69, 9.17) is 9.47 Å². The van der Waals surface area contributed by atoms with Gasteiger partial charge >= 0.3 is 5.72 Å². The van der Waals surface area contributed by atoms with Crippen molar-refractivity contribution in [2.75, 3.05) is 13.7 Å². The first-order valence-corrected chi connectivity index (χ1v) is 4.97. The average molecular weight is 225 g/mol. The normalized spacial score (nSPS) is 28.4. The highest BCUT2D eigenvalue weighted by Crippen LogP contribution is 2.36. The molecule has 16 heavy (non-hydrogen) atoms. The summed E-state index contributed by atoms with van der Waals surface area (Å²) < 4.78 is 10.4. The van der Waals surface area contributed by atoms with Gasteiger partial charge in [-0.25, -0.2) is 0 Å². The lowest BCUT2D eigenvalue weighted by Gasteiger charge is -2.31. The molecule has 1 aliphatic rings. The molecule has 0 aromatic rings. The Labute approximate surface area is 94.2 Å². The minimum absolute atomic E-state index is 0.204. The Kier molecular flexibility index (Phi) is 3.84. The largest absolute Gasteiger partial charge is 0.489 e. The van der Waals surface area contributed by atoms with Gasteiger partial charge in [0.15, 0.2) is 0 Å². The Balaban J connectivity index is 3.23. The molecule has 0 fully saturated rings. The number of hydrogen-bond acceptors (Lipinski definition) is 4. The Morgan fingerprint density at radius 3 is 2.88 bits per heavy atom. The lowest BCUT2D eigenvalue weighted by Crippen LogP contribution is -2.49.